The van der Waals surface area contributed by atoms with Crippen molar-refractivity contribution in [1.82, 2.24) is 0 Å². The Hall–Kier alpha value is -5.72. The van der Waals surface area contributed by atoms with Crippen LogP contribution < -0.4 is 0 Å². The third-order valence-corrected chi connectivity index (χ3v) is 10.3. The summed E-state index contributed by atoms with van der Waals surface area (Å²) in [6.45, 7) is 4.70. The Balaban J connectivity index is 1.25. The fourth-order valence-corrected chi connectivity index (χ4v) is 8.11. The van der Waals surface area contributed by atoms with Crippen LogP contribution in [-0.2, 0) is 5.41 Å². The van der Waals surface area contributed by atoms with E-state index in [0.717, 1.165) is 0 Å². The third kappa shape index (κ3) is 4.22. The standard InChI is InChI=1S/C47H34/c1-47(2)42-25-13-12-23-41(42)46-35(24-14-26-43(46)47)32-27-29-33(30-28-32)44-37-19-8-10-21-39(37)45(40-22-11-9-20-38(40)44)36-18-7-6-17-34(36)31-15-4-3-5-16-31/h3-30H,1-2H3. The average Bonchev–Trinajstić information content (AvgIpc) is 3.37. The van der Waals surface area contributed by atoms with Crippen LogP contribution in [0.3, 0.4) is 0 Å². The van der Waals surface area contributed by atoms with Gasteiger partial charge in [-0.2, -0.15) is 0 Å². The second kappa shape index (κ2) is 10.7. The highest BCUT2D eigenvalue weighted by Gasteiger charge is 2.36. The highest BCUT2D eigenvalue weighted by molar-refractivity contribution is 6.22. The van der Waals surface area contributed by atoms with E-state index in [-0.39, 0.29) is 5.41 Å². The molecule has 1 aliphatic rings. The Morgan fingerprint density at radius 2 is 0.723 bits per heavy atom. The largest absolute Gasteiger partial charge is 0.0622 e. The highest BCUT2D eigenvalue weighted by Crippen LogP contribution is 2.52. The number of rotatable bonds is 4. The van der Waals surface area contributed by atoms with Gasteiger partial charge in [0.15, 0.2) is 0 Å². The van der Waals surface area contributed by atoms with Gasteiger partial charge in [-0.25, -0.2) is 0 Å². The van der Waals surface area contributed by atoms with Gasteiger partial charge in [-0.1, -0.05) is 184 Å². The molecule has 47 heavy (non-hydrogen) atoms. The van der Waals surface area contributed by atoms with Gasteiger partial charge in [0, 0.05) is 5.41 Å². The van der Waals surface area contributed by atoms with Crippen LogP contribution in [0.25, 0.3) is 77.2 Å². The van der Waals surface area contributed by atoms with Crippen LogP contribution in [0, 0.1) is 0 Å². The molecule has 0 aromatic heterocycles. The van der Waals surface area contributed by atoms with Crippen LogP contribution in [-0.4, -0.2) is 0 Å². The summed E-state index contributed by atoms with van der Waals surface area (Å²) in [6, 6.07) is 62.5. The highest BCUT2D eigenvalue weighted by atomic mass is 14.4. The van der Waals surface area contributed by atoms with Gasteiger partial charge in [0.05, 0.1) is 0 Å². The summed E-state index contributed by atoms with van der Waals surface area (Å²) in [5, 5.41) is 5.09. The van der Waals surface area contributed by atoms with Crippen molar-refractivity contribution in [3.05, 3.63) is 181 Å². The second-order valence-electron chi connectivity index (χ2n) is 13.2. The summed E-state index contributed by atoms with van der Waals surface area (Å²) in [7, 11) is 0. The van der Waals surface area contributed by atoms with E-state index in [0.29, 0.717) is 0 Å². The molecule has 0 saturated heterocycles. The fraction of sp³-hybridized carbons (Fsp3) is 0.0638. The summed E-state index contributed by atoms with van der Waals surface area (Å²) in [5.41, 5.74) is 15.6. The van der Waals surface area contributed by atoms with Crippen molar-refractivity contribution in [3.63, 3.8) is 0 Å². The van der Waals surface area contributed by atoms with E-state index < -0.39 is 0 Å². The Kier molecular flexibility index (Phi) is 6.27. The molecule has 8 aromatic rings. The van der Waals surface area contributed by atoms with Crippen LogP contribution in [0.4, 0.5) is 0 Å². The topological polar surface area (TPSA) is 0 Å². The van der Waals surface area contributed by atoms with Crippen molar-refractivity contribution in [1.29, 1.82) is 0 Å². The molecule has 0 saturated carbocycles. The zero-order valence-corrected chi connectivity index (χ0v) is 26.7. The Morgan fingerprint density at radius 1 is 0.277 bits per heavy atom. The molecule has 0 bridgehead atoms. The van der Waals surface area contributed by atoms with E-state index in [4.69, 9.17) is 0 Å². The maximum absolute atomic E-state index is 2.35. The minimum absolute atomic E-state index is 0.0133. The van der Waals surface area contributed by atoms with Gasteiger partial charge in [0.2, 0.25) is 0 Å². The molecule has 0 amide bonds. The van der Waals surface area contributed by atoms with Crippen molar-refractivity contribution in [2.45, 2.75) is 19.3 Å². The maximum Gasteiger partial charge on any atom is 0.0159 e. The Morgan fingerprint density at radius 3 is 1.38 bits per heavy atom. The summed E-state index contributed by atoms with van der Waals surface area (Å²) in [6.07, 6.45) is 0. The van der Waals surface area contributed by atoms with Crippen molar-refractivity contribution in [3.8, 4) is 55.6 Å². The molecule has 0 heterocycles. The normalized spacial score (nSPS) is 13.1. The van der Waals surface area contributed by atoms with E-state index in [2.05, 4.69) is 184 Å². The molecule has 8 aromatic carbocycles. The van der Waals surface area contributed by atoms with E-state index in [1.165, 1.54) is 88.3 Å². The van der Waals surface area contributed by atoms with Crippen LogP contribution >= 0.6 is 0 Å². The number of benzene rings is 8. The third-order valence-electron chi connectivity index (χ3n) is 10.3. The van der Waals surface area contributed by atoms with Crippen LogP contribution in [0.15, 0.2) is 170 Å². The fourth-order valence-electron chi connectivity index (χ4n) is 8.11. The molecule has 1 aliphatic carbocycles. The monoisotopic (exact) mass is 598 g/mol. The Bertz CT molecular complexity index is 2400. The predicted molar refractivity (Wildman–Crippen MR) is 201 cm³/mol. The van der Waals surface area contributed by atoms with Crippen molar-refractivity contribution >= 4 is 21.5 Å². The number of hydrogen-bond donors (Lipinski definition) is 0. The summed E-state index contributed by atoms with van der Waals surface area (Å²) >= 11 is 0. The first kappa shape index (κ1) is 27.6. The van der Waals surface area contributed by atoms with Gasteiger partial charge < -0.3 is 0 Å². The van der Waals surface area contributed by atoms with Gasteiger partial charge in [-0.05, 0) is 88.3 Å². The van der Waals surface area contributed by atoms with E-state index in [9.17, 15) is 0 Å². The minimum Gasteiger partial charge on any atom is -0.0622 e. The minimum atomic E-state index is -0.0133. The van der Waals surface area contributed by atoms with Crippen molar-refractivity contribution in [2.75, 3.05) is 0 Å². The molecule has 0 unspecified atom stereocenters. The molecule has 0 heteroatoms. The quantitative estimate of drug-likeness (QED) is 0.177. The van der Waals surface area contributed by atoms with E-state index in [1.807, 2.05) is 0 Å². The zero-order valence-electron chi connectivity index (χ0n) is 26.7. The summed E-state index contributed by atoms with van der Waals surface area (Å²) < 4.78 is 0. The van der Waals surface area contributed by atoms with E-state index >= 15 is 0 Å². The summed E-state index contributed by atoms with van der Waals surface area (Å²) in [4.78, 5) is 0. The van der Waals surface area contributed by atoms with Crippen molar-refractivity contribution in [2.24, 2.45) is 0 Å². The molecular weight excluding hydrogens is 565 g/mol. The van der Waals surface area contributed by atoms with Gasteiger partial charge in [0.1, 0.15) is 0 Å². The van der Waals surface area contributed by atoms with Gasteiger partial charge in [0.25, 0.3) is 0 Å². The van der Waals surface area contributed by atoms with Gasteiger partial charge in [-0.3, -0.25) is 0 Å². The summed E-state index contributed by atoms with van der Waals surface area (Å²) in [5.74, 6) is 0. The second-order valence-corrected chi connectivity index (χ2v) is 13.2. The van der Waals surface area contributed by atoms with Crippen LogP contribution in [0.5, 0.6) is 0 Å². The number of hydrogen-bond acceptors (Lipinski definition) is 0. The first-order chi connectivity index (χ1) is 23.1. The molecule has 0 N–H and O–H groups in total. The smallest absolute Gasteiger partial charge is 0.0159 e. The molecule has 0 fully saturated rings. The van der Waals surface area contributed by atoms with Crippen molar-refractivity contribution < 1.29 is 0 Å². The lowest BCUT2D eigenvalue weighted by atomic mass is 9.82. The molecule has 9 rings (SSSR count). The van der Waals surface area contributed by atoms with Crippen LogP contribution in [0.1, 0.15) is 25.0 Å². The lowest BCUT2D eigenvalue weighted by molar-refractivity contribution is 0.660. The molecule has 0 nitrogen and oxygen atoms in total. The molecule has 0 atom stereocenters. The lowest BCUT2D eigenvalue weighted by Gasteiger charge is -2.21. The Labute approximate surface area is 276 Å². The first-order valence-electron chi connectivity index (χ1n) is 16.5. The van der Waals surface area contributed by atoms with Gasteiger partial charge in [-0.15, -0.1) is 0 Å². The SMILES string of the molecule is CC1(C)c2ccccc2-c2c(-c3ccc(-c4c5ccccc5c(-c5ccccc5-c5ccccc5)c5ccccc45)cc3)cccc21. The molecular formula is C47H34. The number of fused-ring (bicyclic) bond motifs is 5. The van der Waals surface area contributed by atoms with Gasteiger partial charge >= 0.3 is 0 Å². The van der Waals surface area contributed by atoms with Crippen LogP contribution in [0.2, 0.25) is 0 Å². The zero-order chi connectivity index (χ0) is 31.5. The van der Waals surface area contributed by atoms with E-state index in [1.54, 1.807) is 0 Å². The lowest BCUT2D eigenvalue weighted by Crippen LogP contribution is -2.14. The maximum atomic E-state index is 2.35. The first-order valence-corrected chi connectivity index (χ1v) is 16.5. The predicted octanol–water partition coefficient (Wildman–Crippen LogP) is 13.0. The molecule has 0 aliphatic heterocycles. The molecule has 0 spiro atoms. The average molecular weight is 599 g/mol. The molecule has 0 radical (unpaired) electrons. The molecule has 222 valence electrons.